The Bertz CT molecular complexity index is 530. The van der Waals surface area contributed by atoms with E-state index in [1.54, 1.807) is 0 Å². The molecule has 2 atom stereocenters. The lowest BCUT2D eigenvalue weighted by molar-refractivity contribution is -0.178. The van der Waals surface area contributed by atoms with Crippen molar-refractivity contribution in [2.24, 2.45) is 5.73 Å². The van der Waals surface area contributed by atoms with E-state index in [0.29, 0.717) is 13.0 Å². The average Bonchev–Trinajstić information content (AvgIpc) is 2.94. The first-order valence-corrected chi connectivity index (χ1v) is 7.80. The molecule has 1 aromatic carbocycles. The quantitative estimate of drug-likeness (QED) is 0.551. The summed E-state index contributed by atoms with van der Waals surface area (Å²) in [7, 11) is 0. The van der Waals surface area contributed by atoms with Crippen LogP contribution in [0.4, 0.5) is 0 Å². The van der Waals surface area contributed by atoms with Gasteiger partial charge in [0.05, 0.1) is 6.61 Å². The molecule has 0 aromatic heterocycles. The molecule has 0 aliphatic carbocycles. The number of ether oxygens (including phenoxy) is 3. The van der Waals surface area contributed by atoms with Gasteiger partial charge in [-0.3, -0.25) is 4.79 Å². The summed E-state index contributed by atoms with van der Waals surface area (Å²) in [5.74, 6) is -1.27. The highest BCUT2D eigenvalue weighted by atomic mass is 16.8. The lowest BCUT2D eigenvalue weighted by Gasteiger charge is -2.18. The molecule has 1 aliphatic heterocycles. The van der Waals surface area contributed by atoms with Crippen molar-refractivity contribution >= 4 is 12.2 Å². The van der Waals surface area contributed by atoms with Gasteiger partial charge in [-0.05, 0) is 43.9 Å². The standard InChI is InChI=1S/C17H23NO5/c1-17(16(18)20)22-12-15(23-17)11-21-14-8-6-13(7-9-14)5-3-2-4-10-19/h6-10,15H,2-5,11-12H2,1H3,(H2,18,20)/t15-,17?/m1/s1. The Morgan fingerprint density at radius 2 is 2.13 bits per heavy atom. The summed E-state index contributed by atoms with van der Waals surface area (Å²) in [6.45, 7) is 2.07. The van der Waals surface area contributed by atoms with Gasteiger partial charge in [0.1, 0.15) is 24.7 Å². The largest absolute Gasteiger partial charge is 0.491 e. The molecule has 1 saturated heterocycles. The minimum atomic E-state index is -1.36. The van der Waals surface area contributed by atoms with E-state index in [0.717, 1.165) is 31.3 Å². The average molecular weight is 321 g/mol. The van der Waals surface area contributed by atoms with Gasteiger partial charge in [0.15, 0.2) is 0 Å². The van der Waals surface area contributed by atoms with Gasteiger partial charge in [0, 0.05) is 6.42 Å². The summed E-state index contributed by atoms with van der Waals surface area (Å²) in [5, 5.41) is 0. The van der Waals surface area contributed by atoms with Gasteiger partial charge < -0.3 is 24.7 Å². The molecule has 1 fully saturated rings. The van der Waals surface area contributed by atoms with E-state index >= 15 is 0 Å². The third-order valence-corrected chi connectivity index (χ3v) is 3.78. The number of carbonyl (C=O) groups excluding carboxylic acids is 2. The number of primary amides is 1. The van der Waals surface area contributed by atoms with E-state index in [1.807, 2.05) is 24.3 Å². The van der Waals surface area contributed by atoms with E-state index in [-0.39, 0.29) is 12.7 Å². The van der Waals surface area contributed by atoms with Gasteiger partial charge in [-0.25, -0.2) is 0 Å². The molecule has 0 bridgehead atoms. The SMILES string of the molecule is CC1(C(N)=O)OC[C@@H](COc2ccc(CCCCC=O)cc2)O1. The maximum atomic E-state index is 11.2. The van der Waals surface area contributed by atoms with E-state index < -0.39 is 11.7 Å². The van der Waals surface area contributed by atoms with Crippen molar-refractivity contribution in [3.63, 3.8) is 0 Å². The van der Waals surface area contributed by atoms with Crippen LogP contribution in [0.3, 0.4) is 0 Å². The second-order valence-corrected chi connectivity index (χ2v) is 5.73. The number of rotatable bonds is 9. The Balaban J connectivity index is 1.74. The Morgan fingerprint density at radius 3 is 2.74 bits per heavy atom. The van der Waals surface area contributed by atoms with Crippen LogP contribution >= 0.6 is 0 Å². The van der Waals surface area contributed by atoms with Crippen LogP contribution in [-0.4, -0.2) is 37.3 Å². The zero-order chi connectivity index (χ0) is 16.7. The van der Waals surface area contributed by atoms with Crippen molar-refractivity contribution < 1.29 is 23.8 Å². The van der Waals surface area contributed by atoms with Crippen LogP contribution in [-0.2, 0) is 25.5 Å². The maximum absolute atomic E-state index is 11.2. The molecule has 1 heterocycles. The Hall–Kier alpha value is -1.92. The van der Waals surface area contributed by atoms with Crippen LogP contribution in [0.25, 0.3) is 0 Å². The molecule has 1 aromatic rings. The number of aryl methyl sites for hydroxylation is 1. The molecule has 6 nitrogen and oxygen atoms in total. The fourth-order valence-corrected chi connectivity index (χ4v) is 2.35. The normalized spacial score (nSPS) is 23.6. The predicted molar refractivity (Wildman–Crippen MR) is 84.0 cm³/mol. The molecule has 23 heavy (non-hydrogen) atoms. The second kappa shape index (κ2) is 8.08. The summed E-state index contributed by atoms with van der Waals surface area (Å²) in [5.41, 5.74) is 6.44. The number of hydrogen-bond acceptors (Lipinski definition) is 5. The number of nitrogens with two attached hydrogens (primary N) is 1. The third kappa shape index (κ3) is 5.04. The molecular weight excluding hydrogens is 298 g/mol. The minimum Gasteiger partial charge on any atom is -0.491 e. The zero-order valence-corrected chi connectivity index (χ0v) is 13.3. The van der Waals surface area contributed by atoms with Crippen LogP contribution < -0.4 is 10.5 Å². The highest BCUT2D eigenvalue weighted by molar-refractivity contribution is 5.81. The van der Waals surface area contributed by atoms with Crippen molar-refractivity contribution in [3.8, 4) is 5.75 Å². The molecule has 2 rings (SSSR count). The maximum Gasteiger partial charge on any atom is 0.277 e. The van der Waals surface area contributed by atoms with Crippen molar-refractivity contribution in [1.82, 2.24) is 0 Å². The van der Waals surface area contributed by atoms with E-state index in [2.05, 4.69) is 0 Å². The fourth-order valence-electron chi connectivity index (χ4n) is 2.35. The summed E-state index contributed by atoms with van der Waals surface area (Å²) < 4.78 is 16.4. The van der Waals surface area contributed by atoms with Gasteiger partial charge in [-0.1, -0.05) is 12.1 Å². The van der Waals surface area contributed by atoms with Crippen LogP contribution in [0.15, 0.2) is 24.3 Å². The van der Waals surface area contributed by atoms with Crippen LogP contribution in [0.1, 0.15) is 31.7 Å². The number of amides is 1. The van der Waals surface area contributed by atoms with Crippen LogP contribution in [0.2, 0.25) is 0 Å². The van der Waals surface area contributed by atoms with Gasteiger partial charge in [0.2, 0.25) is 5.79 Å². The molecule has 0 radical (unpaired) electrons. The van der Waals surface area contributed by atoms with E-state index in [1.165, 1.54) is 12.5 Å². The van der Waals surface area contributed by atoms with Gasteiger partial charge in [-0.15, -0.1) is 0 Å². The van der Waals surface area contributed by atoms with Gasteiger partial charge in [-0.2, -0.15) is 0 Å². The van der Waals surface area contributed by atoms with Crippen molar-refractivity contribution in [1.29, 1.82) is 0 Å². The third-order valence-electron chi connectivity index (χ3n) is 3.78. The van der Waals surface area contributed by atoms with E-state index in [4.69, 9.17) is 19.9 Å². The number of hydrogen-bond donors (Lipinski definition) is 1. The summed E-state index contributed by atoms with van der Waals surface area (Å²) in [6, 6.07) is 7.82. The van der Waals surface area contributed by atoms with Crippen LogP contribution in [0, 0.1) is 0 Å². The van der Waals surface area contributed by atoms with Crippen LogP contribution in [0.5, 0.6) is 5.75 Å². The smallest absolute Gasteiger partial charge is 0.277 e. The lowest BCUT2D eigenvalue weighted by Crippen LogP contribution is -2.42. The zero-order valence-electron chi connectivity index (χ0n) is 13.3. The summed E-state index contributed by atoms with van der Waals surface area (Å²) in [6.07, 6.45) is 4.11. The topological polar surface area (TPSA) is 87.9 Å². The van der Waals surface area contributed by atoms with Crippen molar-refractivity contribution in [3.05, 3.63) is 29.8 Å². The molecule has 126 valence electrons. The minimum absolute atomic E-state index is 0.272. The Morgan fingerprint density at radius 1 is 1.39 bits per heavy atom. The summed E-state index contributed by atoms with van der Waals surface area (Å²) >= 11 is 0. The Labute approximate surface area is 135 Å². The molecule has 0 spiro atoms. The number of benzene rings is 1. The Kier molecular flexibility index (Phi) is 6.12. The van der Waals surface area contributed by atoms with Crippen molar-refractivity contribution in [2.75, 3.05) is 13.2 Å². The number of aldehydes is 1. The lowest BCUT2D eigenvalue weighted by atomic mass is 10.1. The highest BCUT2D eigenvalue weighted by Gasteiger charge is 2.42. The number of carbonyl (C=O) groups is 2. The molecule has 0 saturated carbocycles. The molecule has 1 amide bonds. The fraction of sp³-hybridized carbons (Fsp3) is 0.529. The summed E-state index contributed by atoms with van der Waals surface area (Å²) in [4.78, 5) is 21.5. The molecule has 1 unspecified atom stereocenters. The van der Waals surface area contributed by atoms with Gasteiger partial charge in [0.25, 0.3) is 5.91 Å². The predicted octanol–water partition coefficient (Wildman–Crippen LogP) is 1.59. The molecule has 2 N–H and O–H groups in total. The molecule has 6 heteroatoms. The highest BCUT2D eigenvalue weighted by Crippen LogP contribution is 2.23. The van der Waals surface area contributed by atoms with Gasteiger partial charge >= 0.3 is 0 Å². The van der Waals surface area contributed by atoms with Crippen molar-refractivity contribution in [2.45, 2.75) is 44.5 Å². The first kappa shape index (κ1) is 17.4. The first-order chi connectivity index (χ1) is 11.0. The number of unbranched alkanes of at least 4 members (excludes halogenated alkanes) is 2. The molecular formula is C17H23NO5. The second-order valence-electron chi connectivity index (χ2n) is 5.73. The molecule has 1 aliphatic rings. The first-order valence-electron chi connectivity index (χ1n) is 7.80. The van der Waals surface area contributed by atoms with E-state index in [9.17, 15) is 9.59 Å². The monoisotopic (exact) mass is 321 g/mol.